The van der Waals surface area contributed by atoms with Gasteiger partial charge >= 0.3 is 5.97 Å². The molecule has 1 saturated heterocycles. The third-order valence-electron chi connectivity index (χ3n) is 2.71. The molecule has 9 heteroatoms. The lowest BCUT2D eigenvalue weighted by molar-refractivity contribution is -0.140. The maximum atomic E-state index is 11.8. The van der Waals surface area contributed by atoms with Gasteiger partial charge in [-0.2, -0.15) is 4.31 Å². The number of sulfone groups is 1. The molecule has 7 nitrogen and oxygen atoms in total. The van der Waals surface area contributed by atoms with Gasteiger partial charge in [0.15, 0.2) is 9.84 Å². The molecular weight excluding hydrogens is 282 g/mol. The van der Waals surface area contributed by atoms with Gasteiger partial charge < -0.3 is 4.74 Å². The van der Waals surface area contributed by atoms with E-state index in [1.165, 1.54) is 11.4 Å². The highest BCUT2D eigenvalue weighted by Gasteiger charge is 2.29. The molecule has 106 valence electrons. The molecule has 0 spiro atoms. The maximum Gasteiger partial charge on any atom is 0.305 e. The van der Waals surface area contributed by atoms with Crippen molar-refractivity contribution in [3.63, 3.8) is 0 Å². The van der Waals surface area contributed by atoms with E-state index in [2.05, 4.69) is 4.74 Å². The molecule has 1 aliphatic rings. The van der Waals surface area contributed by atoms with Crippen LogP contribution in [0.15, 0.2) is 0 Å². The van der Waals surface area contributed by atoms with Gasteiger partial charge in [0.1, 0.15) is 0 Å². The van der Waals surface area contributed by atoms with E-state index in [-0.39, 0.29) is 43.2 Å². The zero-order valence-electron chi connectivity index (χ0n) is 10.2. The Kier molecular flexibility index (Phi) is 5.11. The van der Waals surface area contributed by atoms with Crippen LogP contribution < -0.4 is 0 Å². The second kappa shape index (κ2) is 5.98. The number of carbonyl (C=O) groups is 1. The van der Waals surface area contributed by atoms with Crippen molar-refractivity contribution in [2.24, 2.45) is 0 Å². The quantitative estimate of drug-likeness (QED) is 0.604. The minimum absolute atomic E-state index is 0.00287. The van der Waals surface area contributed by atoms with Crippen molar-refractivity contribution < 1.29 is 26.4 Å². The topological polar surface area (TPSA) is 97.8 Å². The fourth-order valence-corrected chi connectivity index (χ4v) is 4.54. The Labute approximate surface area is 107 Å². The summed E-state index contributed by atoms with van der Waals surface area (Å²) in [5.74, 6) is -0.888. The lowest BCUT2D eigenvalue weighted by atomic mass is 10.3. The van der Waals surface area contributed by atoms with Gasteiger partial charge in [0.25, 0.3) is 0 Å². The second-order valence-electron chi connectivity index (χ2n) is 4.05. The summed E-state index contributed by atoms with van der Waals surface area (Å²) in [5, 5.41) is 0. The molecule has 1 rings (SSSR count). The van der Waals surface area contributed by atoms with Gasteiger partial charge in [-0.1, -0.05) is 0 Å². The van der Waals surface area contributed by atoms with Crippen LogP contribution in [0.2, 0.25) is 0 Å². The van der Waals surface area contributed by atoms with Crippen LogP contribution in [0.4, 0.5) is 0 Å². The van der Waals surface area contributed by atoms with E-state index in [0.717, 1.165) is 0 Å². The van der Waals surface area contributed by atoms with Crippen LogP contribution in [-0.2, 0) is 29.4 Å². The number of ether oxygens (including phenoxy) is 1. The fourth-order valence-electron chi connectivity index (χ4n) is 1.60. The van der Waals surface area contributed by atoms with Crippen molar-refractivity contribution in [3.8, 4) is 0 Å². The van der Waals surface area contributed by atoms with E-state index >= 15 is 0 Å². The van der Waals surface area contributed by atoms with Crippen LogP contribution >= 0.6 is 0 Å². The predicted octanol–water partition coefficient (Wildman–Crippen LogP) is -1.00. The van der Waals surface area contributed by atoms with Gasteiger partial charge in [-0.15, -0.1) is 0 Å². The van der Waals surface area contributed by atoms with Crippen LogP contribution in [0, 0.1) is 0 Å². The second-order valence-corrected chi connectivity index (χ2v) is 8.44. The number of hydrogen-bond acceptors (Lipinski definition) is 6. The molecule has 0 aliphatic carbocycles. The Balaban J connectivity index is 2.47. The highest BCUT2D eigenvalue weighted by Crippen LogP contribution is 2.11. The van der Waals surface area contributed by atoms with Crippen molar-refractivity contribution >= 4 is 25.8 Å². The predicted molar refractivity (Wildman–Crippen MR) is 65.3 cm³/mol. The van der Waals surface area contributed by atoms with Gasteiger partial charge in [-0.25, -0.2) is 16.8 Å². The first-order valence-corrected chi connectivity index (χ1v) is 8.95. The van der Waals surface area contributed by atoms with Crippen molar-refractivity contribution in [1.82, 2.24) is 4.31 Å². The van der Waals surface area contributed by atoms with Crippen LogP contribution in [0.5, 0.6) is 0 Å². The number of sulfonamides is 1. The molecule has 0 aromatic rings. The Morgan fingerprint density at radius 1 is 1.28 bits per heavy atom. The minimum Gasteiger partial charge on any atom is -0.469 e. The highest BCUT2D eigenvalue weighted by molar-refractivity contribution is 7.92. The highest BCUT2D eigenvalue weighted by atomic mass is 32.2. The molecule has 0 saturated carbocycles. The summed E-state index contributed by atoms with van der Waals surface area (Å²) in [6.45, 7) is 0.00574. The van der Waals surface area contributed by atoms with Crippen molar-refractivity contribution in [2.45, 2.75) is 12.8 Å². The SMILES string of the molecule is COC(=O)CCCS(=O)(=O)N1CCS(=O)(=O)CC1. The minimum atomic E-state index is -3.48. The third-order valence-corrected chi connectivity index (χ3v) is 6.27. The maximum absolute atomic E-state index is 11.8. The molecule has 1 fully saturated rings. The smallest absolute Gasteiger partial charge is 0.305 e. The van der Waals surface area contributed by atoms with Gasteiger partial charge in [-0.05, 0) is 6.42 Å². The van der Waals surface area contributed by atoms with Crippen LogP contribution in [-0.4, -0.2) is 64.6 Å². The van der Waals surface area contributed by atoms with Crippen LogP contribution in [0.1, 0.15) is 12.8 Å². The standard InChI is InChI=1S/C9H17NO6S2/c1-16-9(11)3-2-6-18(14,15)10-4-7-17(12,13)8-5-10/h2-8H2,1H3. The number of carbonyl (C=O) groups excluding carboxylic acids is 1. The molecule has 0 N–H and O–H groups in total. The van der Waals surface area contributed by atoms with E-state index in [9.17, 15) is 21.6 Å². The first-order valence-electron chi connectivity index (χ1n) is 5.52. The third kappa shape index (κ3) is 4.54. The molecule has 0 atom stereocenters. The van der Waals surface area contributed by atoms with E-state index < -0.39 is 25.8 Å². The zero-order chi connectivity index (χ0) is 13.8. The lowest BCUT2D eigenvalue weighted by Crippen LogP contribution is -2.44. The summed E-state index contributed by atoms with van der Waals surface area (Å²) in [6.07, 6.45) is 0.222. The van der Waals surface area contributed by atoms with E-state index in [4.69, 9.17) is 0 Å². The molecule has 1 heterocycles. The average molecular weight is 299 g/mol. The Hall–Kier alpha value is -0.670. The van der Waals surface area contributed by atoms with Crippen molar-refractivity contribution in [3.05, 3.63) is 0 Å². The van der Waals surface area contributed by atoms with E-state index in [0.29, 0.717) is 0 Å². The molecule has 0 aromatic heterocycles. The molecule has 0 bridgehead atoms. The average Bonchev–Trinajstić information content (AvgIpc) is 2.28. The van der Waals surface area contributed by atoms with Crippen LogP contribution in [0.3, 0.4) is 0 Å². The molecule has 0 unspecified atom stereocenters. The summed E-state index contributed by atoms with van der Waals surface area (Å²) in [7, 11) is -5.33. The van der Waals surface area contributed by atoms with Gasteiger partial charge in [0.2, 0.25) is 10.0 Å². The largest absolute Gasteiger partial charge is 0.469 e. The normalized spacial score (nSPS) is 20.5. The van der Waals surface area contributed by atoms with Crippen molar-refractivity contribution in [1.29, 1.82) is 0 Å². The summed E-state index contributed by atoms with van der Waals surface area (Å²) in [5.41, 5.74) is 0. The Morgan fingerprint density at radius 3 is 2.33 bits per heavy atom. The van der Waals surface area contributed by atoms with E-state index in [1.807, 2.05) is 0 Å². The number of methoxy groups -OCH3 is 1. The van der Waals surface area contributed by atoms with Crippen LogP contribution in [0.25, 0.3) is 0 Å². The molecule has 0 aromatic carbocycles. The molecule has 0 radical (unpaired) electrons. The molecule has 0 amide bonds. The summed E-state index contributed by atoms with van der Waals surface area (Å²) < 4.78 is 51.6. The number of esters is 1. The lowest BCUT2D eigenvalue weighted by Gasteiger charge is -2.25. The molecule has 1 aliphatic heterocycles. The Bertz CT molecular complexity index is 481. The van der Waals surface area contributed by atoms with E-state index in [1.54, 1.807) is 0 Å². The molecular formula is C9H17NO6S2. The summed E-state index contributed by atoms with van der Waals surface area (Å²) >= 11 is 0. The summed E-state index contributed by atoms with van der Waals surface area (Å²) in [4.78, 5) is 10.8. The van der Waals surface area contributed by atoms with Gasteiger partial charge in [0, 0.05) is 19.5 Å². The zero-order valence-corrected chi connectivity index (χ0v) is 11.8. The first-order chi connectivity index (χ1) is 8.27. The monoisotopic (exact) mass is 299 g/mol. The van der Waals surface area contributed by atoms with Crippen molar-refractivity contribution in [2.75, 3.05) is 37.5 Å². The first kappa shape index (κ1) is 15.4. The van der Waals surface area contributed by atoms with Gasteiger partial charge in [0.05, 0.1) is 24.4 Å². The number of hydrogen-bond donors (Lipinski definition) is 0. The Morgan fingerprint density at radius 2 is 1.83 bits per heavy atom. The molecule has 18 heavy (non-hydrogen) atoms. The van der Waals surface area contributed by atoms with Gasteiger partial charge in [-0.3, -0.25) is 4.79 Å². The number of nitrogens with zero attached hydrogens (tertiary/aromatic N) is 1. The number of rotatable bonds is 5. The summed E-state index contributed by atoms with van der Waals surface area (Å²) in [6, 6.07) is 0. The fraction of sp³-hybridized carbons (Fsp3) is 0.889.